The first-order chi connectivity index (χ1) is 10.6. The van der Waals surface area contributed by atoms with Crippen LogP contribution in [0, 0.1) is 23.2 Å². The Balaban J connectivity index is 1.71. The van der Waals surface area contributed by atoms with Crippen LogP contribution in [0.25, 0.3) is 0 Å². The van der Waals surface area contributed by atoms with Crippen molar-refractivity contribution in [2.75, 3.05) is 0 Å². The Morgan fingerprint density at radius 1 is 1.18 bits per heavy atom. The Kier molecular flexibility index (Phi) is 3.27. The van der Waals surface area contributed by atoms with E-state index in [1.165, 1.54) is 36.8 Å². The van der Waals surface area contributed by atoms with E-state index in [0.717, 1.165) is 25.2 Å². The number of ketones is 1. The fraction of sp³-hybridized carbons (Fsp3) is 0.650. The molecule has 4 aliphatic rings. The van der Waals surface area contributed by atoms with Crippen LogP contribution in [0.5, 0.6) is 0 Å². The molecule has 0 aromatic carbocycles. The molecule has 4 atom stereocenters. The first-order valence-corrected chi connectivity index (χ1v) is 8.80. The molecule has 0 amide bonds. The maximum Gasteiger partial charge on any atom is 0.156 e. The molecule has 2 nitrogen and oxygen atoms in total. The van der Waals surface area contributed by atoms with E-state index in [0.29, 0.717) is 24.0 Å². The standard InChI is InChI=1S/C20H24O2/c1-20-10-8-17-16-6-4-15(22)12-13(16)2-5-18(17)19(20)7-3-14(20)9-11-21/h9,12,14,18-19H,2-8,10H2,1H3/t14-,18+,19-,20?/m0/s1. The summed E-state index contributed by atoms with van der Waals surface area (Å²) < 4.78 is 0. The third kappa shape index (κ3) is 1.93. The predicted octanol–water partition coefficient (Wildman–Crippen LogP) is 4.20. The second kappa shape index (κ2) is 5.06. The van der Waals surface area contributed by atoms with Crippen molar-refractivity contribution < 1.29 is 9.59 Å². The van der Waals surface area contributed by atoms with Gasteiger partial charge in [-0.1, -0.05) is 12.5 Å². The van der Waals surface area contributed by atoms with Crippen LogP contribution in [0.4, 0.5) is 0 Å². The topological polar surface area (TPSA) is 34.1 Å². The average Bonchev–Trinajstić information content (AvgIpc) is 2.84. The highest BCUT2D eigenvalue weighted by Crippen LogP contribution is 2.62. The summed E-state index contributed by atoms with van der Waals surface area (Å²) in [4.78, 5) is 22.5. The molecule has 2 fully saturated rings. The lowest BCUT2D eigenvalue weighted by molar-refractivity contribution is -0.114. The Labute approximate surface area is 132 Å². The van der Waals surface area contributed by atoms with Crippen molar-refractivity contribution in [2.45, 2.75) is 58.3 Å². The van der Waals surface area contributed by atoms with E-state index in [1.807, 2.05) is 6.08 Å². The molecule has 0 spiro atoms. The number of fused-ring (bicyclic) bond motifs is 4. The van der Waals surface area contributed by atoms with Crippen LogP contribution >= 0.6 is 0 Å². The summed E-state index contributed by atoms with van der Waals surface area (Å²) in [6, 6.07) is 0. The molecule has 22 heavy (non-hydrogen) atoms. The lowest BCUT2D eigenvalue weighted by atomic mass is 9.56. The smallest absolute Gasteiger partial charge is 0.156 e. The highest BCUT2D eigenvalue weighted by Gasteiger charge is 2.52. The van der Waals surface area contributed by atoms with Crippen LogP contribution < -0.4 is 0 Å². The van der Waals surface area contributed by atoms with Crippen LogP contribution in [0.1, 0.15) is 58.3 Å². The van der Waals surface area contributed by atoms with E-state index in [2.05, 4.69) is 12.9 Å². The molecule has 116 valence electrons. The van der Waals surface area contributed by atoms with Crippen LogP contribution in [0.3, 0.4) is 0 Å². The van der Waals surface area contributed by atoms with Crippen molar-refractivity contribution in [2.24, 2.45) is 23.2 Å². The molecule has 0 saturated heterocycles. The molecular formula is C20H24O2. The zero-order chi connectivity index (χ0) is 15.3. The molecule has 0 N–H and O–H groups in total. The third-order valence-corrected chi connectivity index (χ3v) is 7.07. The largest absolute Gasteiger partial charge is 0.295 e. The molecule has 0 bridgehead atoms. The van der Waals surface area contributed by atoms with Gasteiger partial charge in [0.25, 0.3) is 0 Å². The van der Waals surface area contributed by atoms with Crippen LogP contribution in [-0.2, 0) is 9.59 Å². The fourth-order valence-corrected chi connectivity index (χ4v) is 5.93. The van der Waals surface area contributed by atoms with Gasteiger partial charge in [-0.25, -0.2) is 4.79 Å². The average molecular weight is 296 g/mol. The van der Waals surface area contributed by atoms with E-state index in [4.69, 9.17) is 0 Å². The Morgan fingerprint density at radius 3 is 2.86 bits per heavy atom. The van der Waals surface area contributed by atoms with Crippen molar-refractivity contribution in [1.82, 2.24) is 0 Å². The van der Waals surface area contributed by atoms with E-state index in [9.17, 15) is 9.59 Å². The summed E-state index contributed by atoms with van der Waals surface area (Å²) >= 11 is 0. The summed E-state index contributed by atoms with van der Waals surface area (Å²) in [5.41, 5.74) is 4.83. The molecule has 4 rings (SSSR count). The molecule has 0 radical (unpaired) electrons. The number of carbonyl (C=O) groups is 1. The van der Waals surface area contributed by atoms with Gasteiger partial charge >= 0.3 is 0 Å². The first kappa shape index (κ1) is 14.2. The quantitative estimate of drug-likeness (QED) is 0.680. The van der Waals surface area contributed by atoms with Gasteiger partial charge < -0.3 is 0 Å². The Bertz CT molecular complexity index is 632. The summed E-state index contributed by atoms with van der Waals surface area (Å²) in [6.07, 6.45) is 12.4. The van der Waals surface area contributed by atoms with Crippen LogP contribution in [0.2, 0.25) is 0 Å². The van der Waals surface area contributed by atoms with Gasteiger partial charge in [0.2, 0.25) is 0 Å². The lowest BCUT2D eigenvalue weighted by Crippen LogP contribution is -2.39. The summed E-state index contributed by atoms with van der Waals surface area (Å²) in [7, 11) is 0. The van der Waals surface area contributed by atoms with Gasteiger partial charge in [-0.15, -0.1) is 0 Å². The highest BCUT2D eigenvalue weighted by molar-refractivity contribution is 5.93. The minimum Gasteiger partial charge on any atom is -0.295 e. The van der Waals surface area contributed by atoms with Crippen molar-refractivity contribution in [3.8, 4) is 0 Å². The van der Waals surface area contributed by atoms with E-state index >= 15 is 0 Å². The van der Waals surface area contributed by atoms with Gasteiger partial charge in [-0.3, -0.25) is 4.79 Å². The zero-order valence-corrected chi connectivity index (χ0v) is 13.4. The van der Waals surface area contributed by atoms with Gasteiger partial charge in [0.05, 0.1) is 0 Å². The van der Waals surface area contributed by atoms with Gasteiger partial charge in [0, 0.05) is 12.5 Å². The molecule has 2 heteroatoms. The summed E-state index contributed by atoms with van der Waals surface area (Å²) in [6.45, 7) is 2.40. The van der Waals surface area contributed by atoms with Gasteiger partial charge in [0.15, 0.2) is 5.78 Å². The molecule has 0 aromatic heterocycles. The van der Waals surface area contributed by atoms with Crippen molar-refractivity contribution in [3.05, 3.63) is 28.9 Å². The Hall–Kier alpha value is -1.40. The maximum absolute atomic E-state index is 11.7. The number of carbonyl (C=O) groups excluding carboxylic acids is 2. The second-order valence-electron chi connectivity index (χ2n) is 7.87. The van der Waals surface area contributed by atoms with E-state index in [-0.39, 0.29) is 5.41 Å². The minimum absolute atomic E-state index is 0.290. The molecule has 4 aliphatic carbocycles. The molecule has 1 unspecified atom stereocenters. The molecule has 0 aromatic rings. The van der Waals surface area contributed by atoms with Crippen LogP contribution in [0.15, 0.2) is 28.9 Å². The molecule has 0 aliphatic heterocycles. The summed E-state index contributed by atoms with van der Waals surface area (Å²) in [5.74, 6) is 4.21. The monoisotopic (exact) mass is 296 g/mol. The second-order valence-corrected chi connectivity index (χ2v) is 7.87. The number of hydrogen-bond acceptors (Lipinski definition) is 2. The van der Waals surface area contributed by atoms with Crippen molar-refractivity contribution >= 4 is 11.7 Å². The summed E-state index contributed by atoms with van der Waals surface area (Å²) in [5, 5.41) is 0. The lowest BCUT2D eigenvalue weighted by Gasteiger charge is -2.48. The number of allylic oxidation sites excluding steroid dienone is 5. The van der Waals surface area contributed by atoms with Gasteiger partial charge in [-0.05, 0) is 85.3 Å². The Morgan fingerprint density at radius 2 is 2.05 bits per heavy atom. The minimum atomic E-state index is 0.290. The molecule has 0 heterocycles. The zero-order valence-electron chi connectivity index (χ0n) is 13.4. The normalized spacial score (nSPS) is 40.3. The number of hydrogen-bond donors (Lipinski definition) is 0. The fourth-order valence-electron chi connectivity index (χ4n) is 5.93. The third-order valence-electron chi connectivity index (χ3n) is 7.07. The van der Waals surface area contributed by atoms with Gasteiger partial charge in [-0.2, -0.15) is 0 Å². The van der Waals surface area contributed by atoms with Crippen LogP contribution in [-0.4, -0.2) is 11.7 Å². The van der Waals surface area contributed by atoms with Gasteiger partial charge in [0.1, 0.15) is 5.94 Å². The molecule has 2 saturated carbocycles. The van der Waals surface area contributed by atoms with Crippen molar-refractivity contribution in [1.29, 1.82) is 0 Å². The predicted molar refractivity (Wildman–Crippen MR) is 85.9 cm³/mol. The highest BCUT2D eigenvalue weighted by atomic mass is 16.1. The van der Waals surface area contributed by atoms with E-state index < -0.39 is 0 Å². The first-order valence-electron chi connectivity index (χ1n) is 8.80. The van der Waals surface area contributed by atoms with E-state index in [1.54, 1.807) is 11.6 Å². The number of rotatable bonds is 1. The maximum atomic E-state index is 11.7. The molecular weight excluding hydrogens is 272 g/mol. The van der Waals surface area contributed by atoms with Crippen molar-refractivity contribution in [3.63, 3.8) is 0 Å². The SMILES string of the molecule is CC12CCC3=C4CCC(=O)C=C4CC[C@H]3[C@@H]1CC[C@H]2C=C=O.